The lowest BCUT2D eigenvalue weighted by atomic mass is 10.1. The molecule has 0 bridgehead atoms. The van der Waals surface area contributed by atoms with Crippen molar-refractivity contribution >= 4 is 28.8 Å². The average molecular weight is 291 g/mol. The molecule has 0 saturated heterocycles. The predicted octanol–water partition coefficient (Wildman–Crippen LogP) is 4.70. The summed E-state index contributed by atoms with van der Waals surface area (Å²) in [5.74, 6) is 0.419. The zero-order valence-electron chi connectivity index (χ0n) is 10.4. The van der Waals surface area contributed by atoms with Crippen LogP contribution in [0, 0.1) is 6.92 Å². The van der Waals surface area contributed by atoms with Crippen molar-refractivity contribution in [3.8, 4) is 11.3 Å². The molecular weight excluding hydrogens is 279 g/mol. The van der Waals surface area contributed by atoms with E-state index in [1.165, 1.54) is 0 Å². The van der Waals surface area contributed by atoms with Gasteiger partial charge in [-0.15, -0.1) is 11.6 Å². The highest BCUT2D eigenvalue weighted by atomic mass is 35.5. The maximum absolute atomic E-state index is 6.09. The third kappa shape index (κ3) is 2.11. The summed E-state index contributed by atoms with van der Waals surface area (Å²) in [6.45, 7) is 1.99. The molecule has 2 heterocycles. The molecule has 0 aliphatic heterocycles. The molecule has 2 aromatic heterocycles. The van der Waals surface area contributed by atoms with Crippen LogP contribution >= 0.6 is 23.2 Å². The summed E-state index contributed by atoms with van der Waals surface area (Å²) in [7, 11) is 0. The lowest BCUT2D eigenvalue weighted by Gasteiger charge is -2.04. The molecule has 2 nitrogen and oxygen atoms in total. The maximum Gasteiger partial charge on any atom is 0.137 e. The summed E-state index contributed by atoms with van der Waals surface area (Å²) in [5.41, 5.74) is 4.90. The summed E-state index contributed by atoms with van der Waals surface area (Å²) in [6, 6.07) is 11.8. The van der Waals surface area contributed by atoms with E-state index >= 15 is 0 Å². The Morgan fingerprint density at radius 2 is 2.05 bits per heavy atom. The van der Waals surface area contributed by atoms with Gasteiger partial charge in [-0.25, -0.2) is 4.98 Å². The minimum Gasteiger partial charge on any atom is -0.302 e. The summed E-state index contributed by atoms with van der Waals surface area (Å²) >= 11 is 12.2. The Morgan fingerprint density at radius 1 is 1.21 bits per heavy atom. The van der Waals surface area contributed by atoms with Gasteiger partial charge in [0, 0.05) is 16.8 Å². The first-order valence-corrected chi connectivity index (χ1v) is 6.90. The van der Waals surface area contributed by atoms with Crippen LogP contribution < -0.4 is 0 Å². The third-order valence-corrected chi connectivity index (χ3v) is 3.86. The first-order valence-electron chi connectivity index (χ1n) is 5.99. The van der Waals surface area contributed by atoms with E-state index in [1.807, 2.05) is 53.9 Å². The van der Waals surface area contributed by atoms with Crippen LogP contribution in [-0.2, 0) is 5.88 Å². The van der Waals surface area contributed by atoms with E-state index in [1.54, 1.807) is 0 Å². The molecule has 0 atom stereocenters. The van der Waals surface area contributed by atoms with Crippen LogP contribution in [0.15, 0.2) is 42.6 Å². The first-order chi connectivity index (χ1) is 9.20. The second kappa shape index (κ2) is 4.87. The van der Waals surface area contributed by atoms with Crippen molar-refractivity contribution in [1.82, 2.24) is 9.38 Å². The second-order valence-electron chi connectivity index (χ2n) is 4.43. The Labute approximate surface area is 121 Å². The minimum absolute atomic E-state index is 0.419. The highest BCUT2D eigenvalue weighted by Crippen LogP contribution is 2.28. The minimum atomic E-state index is 0.419. The highest BCUT2D eigenvalue weighted by Gasteiger charge is 2.13. The van der Waals surface area contributed by atoms with Gasteiger partial charge >= 0.3 is 0 Å². The SMILES string of the molecule is Cc1cc(-c2nc3ccccn3c2CCl)ccc1Cl. The Morgan fingerprint density at radius 3 is 2.79 bits per heavy atom. The predicted molar refractivity (Wildman–Crippen MR) is 79.9 cm³/mol. The van der Waals surface area contributed by atoms with Crippen molar-refractivity contribution < 1.29 is 0 Å². The second-order valence-corrected chi connectivity index (χ2v) is 5.11. The van der Waals surface area contributed by atoms with E-state index in [0.717, 1.165) is 33.2 Å². The van der Waals surface area contributed by atoms with Gasteiger partial charge in [-0.1, -0.05) is 23.7 Å². The molecule has 3 rings (SSSR count). The Hall–Kier alpha value is -1.51. The van der Waals surface area contributed by atoms with Crippen LogP contribution in [-0.4, -0.2) is 9.38 Å². The van der Waals surface area contributed by atoms with Gasteiger partial charge in [0.2, 0.25) is 0 Å². The Kier molecular flexibility index (Phi) is 3.21. The number of hydrogen-bond acceptors (Lipinski definition) is 1. The molecule has 96 valence electrons. The third-order valence-electron chi connectivity index (χ3n) is 3.19. The van der Waals surface area contributed by atoms with Crippen LogP contribution in [0.4, 0.5) is 0 Å². The zero-order chi connectivity index (χ0) is 13.4. The smallest absolute Gasteiger partial charge is 0.137 e. The largest absolute Gasteiger partial charge is 0.302 e. The number of alkyl halides is 1. The van der Waals surface area contributed by atoms with Gasteiger partial charge in [0.25, 0.3) is 0 Å². The highest BCUT2D eigenvalue weighted by molar-refractivity contribution is 6.31. The molecule has 0 N–H and O–H groups in total. The van der Waals surface area contributed by atoms with Gasteiger partial charge in [-0.05, 0) is 36.8 Å². The number of nitrogens with zero attached hydrogens (tertiary/aromatic N) is 2. The number of aryl methyl sites for hydroxylation is 1. The van der Waals surface area contributed by atoms with Gasteiger partial charge in [-0.3, -0.25) is 0 Å². The van der Waals surface area contributed by atoms with Crippen molar-refractivity contribution in [3.05, 3.63) is 58.9 Å². The summed E-state index contributed by atoms with van der Waals surface area (Å²) in [6.07, 6.45) is 1.98. The number of rotatable bonds is 2. The van der Waals surface area contributed by atoms with E-state index in [2.05, 4.69) is 4.98 Å². The molecule has 0 fully saturated rings. The van der Waals surface area contributed by atoms with Gasteiger partial charge in [0.15, 0.2) is 0 Å². The summed E-state index contributed by atoms with van der Waals surface area (Å²) < 4.78 is 2.02. The van der Waals surface area contributed by atoms with Gasteiger partial charge in [-0.2, -0.15) is 0 Å². The Bertz CT molecular complexity index is 747. The Balaban J connectivity index is 2.26. The summed E-state index contributed by atoms with van der Waals surface area (Å²) in [4.78, 5) is 4.66. The van der Waals surface area contributed by atoms with Gasteiger partial charge in [0.05, 0.1) is 17.3 Å². The van der Waals surface area contributed by atoms with Crippen LogP contribution in [0.1, 0.15) is 11.3 Å². The molecule has 0 spiro atoms. The number of halogens is 2. The lowest BCUT2D eigenvalue weighted by Crippen LogP contribution is -1.90. The average Bonchev–Trinajstić information content (AvgIpc) is 2.80. The number of imidazole rings is 1. The van der Waals surface area contributed by atoms with E-state index in [0.29, 0.717) is 5.88 Å². The lowest BCUT2D eigenvalue weighted by molar-refractivity contribution is 1.09. The van der Waals surface area contributed by atoms with Crippen molar-refractivity contribution in [2.24, 2.45) is 0 Å². The summed E-state index contributed by atoms with van der Waals surface area (Å²) in [5, 5.41) is 0.764. The van der Waals surface area contributed by atoms with Gasteiger partial charge in [0.1, 0.15) is 5.65 Å². The van der Waals surface area contributed by atoms with Crippen LogP contribution in [0.25, 0.3) is 16.9 Å². The van der Waals surface area contributed by atoms with Crippen molar-refractivity contribution in [3.63, 3.8) is 0 Å². The molecular formula is C15H12Cl2N2. The molecule has 0 saturated carbocycles. The fourth-order valence-corrected chi connectivity index (χ4v) is 2.57. The molecule has 0 radical (unpaired) electrons. The monoisotopic (exact) mass is 290 g/mol. The fraction of sp³-hybridized carbons (Fsp3) is 0.133. The van der Waals surface area contributed by atoms with Crippen molar-refractivity contribution in [2.45, 2.75) is 12.8 Å². The van der Waals surface area contributed by atoms with Crippen LogP contribution in [0.5, 0.6) is 0 Å². The van der Waals surface area contributed by atoms with E-state index in [4.69, 9.17) is 23.2 Å². The standard InChI is InChI=1S/C15H12Cl2N2/c1-10-8-11(5-6-12(10)17)15-13(9-16)19-7-3-2-4-14(19)18-15/h2-8H,9H2,1H3. The molecule has 1 aromatic carbocycles. The van der Waals surface area contributed by atoms with Gasteiger partial charge < -0.3 is 4.40 Å². The quantitative estimate of drug-likeness (QED) is 0.625. The zero-order valence-corrected chi connectivity index (χ0v) is 11.9. The van der Waals surface area contributed by atoms with Crippen molar-refractivity contribution in [2.75, 3.05) is 0 Å². The molecule has 0 aliphatic rings. The number of benzene rings is 1. The first kappa shape index (κ1) is 12.5. The number of pyridine rings is 1. The van der Waals surface area contributed by atoms with Crippen molar-refractivity contribution in [1.29, 1.82) is 0 Å². The normalized spacial score (nSPS) is 11.1. The molecule has 0 amide bonds. The molecule has 0 aliphatic carbocycles. The maximum atomic E-state index is 6.09. The van der Waals surface area contributed by atoms with E-state index < -0.39 is 0 Å². The number of aromatic nitrogens is 2. The van der Waals surface area contributed by atoms with Crippen LogP contribution in [0.2, 0.25) is 5.02 Å². The fourth-order valence-electron chi connectivity index (χ4n) is 2.20. The van der Waals surface area contributed by atoms with Crippen LogP contribution in [0.3, 0.4) is 0 Å². The molecule has 4 heteroatoms. The number of hydrogen-bond donors (Lipinski definition) is 0. The molecule has 19 heavy (non-hydrogen) atoms. The molecule has 3 aromatic rings. The van der Waals surface area contributed by atoms with E-state index in [-0.39, 0.29) is 0 Å². The number of fused-ring (bicyclic) bond motifs is 1. The topological polar surface area (TPSA) is 17.3 Å². The molecule has 0 unspecified atom stereocenters. The van der Waals surface area contributed by atoms with E-state index in [9.17, 15) is 0 Å².